The van der Waals surface area contributed by atoms with Crippen molar-refractivity contribution in [2.75, 3.05) is 20.3 Å². The van der Waals surface area contributed by atoms with Gasteiger partial charge in [0.25, 0.3) is 5.91 Å². The first-order valence-electron chi connectivity index (χ1n) is 7.79. The van der Waals surface area contributed by atoms with Gasteiger partial charge in [-0.3, -0.25) is 4.79 Å². The first-order valence-corrected chi connectivity index (χ1v) is 7.79. The average molecular weight is 344 g/mol. The summed E-state index contributed by atoms with van der Waals surface area (Å²) in [4.78, 5) is 27.9. The molecular formula is C18H20N2O5. The minimum absolute atomic E-state index is 0.182. The predicted octanol–water partition coefficient (Wildman–Crippen LogP) is 1.96. The van der Waals surface area contributed by atoms with Crippen molar-refractivity contribution >= 4 is 11.9 Å². The van der Waals surface area contributed by atoms with Crippen molar-refractivity contribution in [3.05, 3.63) is 53.7 Å². The molecule has 0 aliphatic carbocycles. The Morgan fingerprint density at radius 3 is 2.72 bits per heavy atom. The molecule has 0 aliphatic heterocycles. The second-order valence-electron chi connectivity index (χ2n) is 4.95. The van der Waals surface area contributed by atoms with Gasteiger partial charge < -0.3 is 19.5 Å². The van der Waals surface area contributed by atoms with Gasteiger partial charge in [0, 0.05) is 18.3 Å². The number of carbonyl (C=O) groups excluding carboxylic acids is 2. The lowest BCUT2D eigenvalue weighted by Crippen LogP contribution is -2.28. The highest BCUT2D eigenvalue weighted by Gasteiger charge is 2.16. The van der Waals surface area contributed by atoms with E-state index in [1.54, 1.807) is 26.2 Å². The Labute approximate surface area is 145 Å². The minimum Gasteiger partial charge on any atom is -0.496 e. The lowest BCUT2D eigenvalue weighted by molar-refractivity contribution is -0.124. The second kappa shape index (κ2) is 9.27. The molecule has 1 heterocycles. The summed E-state index contributed by atoms with van der Waals surface area (Å²) >= 11 is 0. The van der Waals surface area contributed by atoms with E-state index >= 15 is 0 Å². The van der Waals surface area contributed by atoms with Crippen LogP contribution in [0.15, 0.2) is 42.6 Å². The zero-order valence-electron chi connectivity index (χ0n) is 14.2. The molecule has 0 saturated carbocycles. The van der Waals surface area contributed by atoms with Gasteiger partial charge in [0.1, 0.15) is 11.3 Å². The normalized spacial score (nSPS) is 10.0. The maximum atomic E-state index is 12.1. The lowest BCUT2D eigenvalue weighted by Gasteiger charge is -2.10. The standard InChI is InChI=1S/C18H20N2O5/c1-3-24-17-14(8-6-10-19-17)18(22)25-12-16(21)20-11-13-7-4-5-9-15(13)23-2/h4-10H,3,11-12H2,1-2H3,(H,20,21). The third-order valence-electron chi connectivity index (χ3n) is 3.28. The van der Waals surface area contributed by atoms with Crippen LogP contribution in [-0.2, 0) is 16.1 Å². The predicted molar refractivity (Wildman–Crippen MR) is 90.5 cm³/mol. The molecule has 0 atom stereocenters. The third kappa shape index (κ3) is 5.20. The molecule has 1 aromatic carbocycles. The number of amides is 1. The third-order valence-corrected chi connectivity index (χ3v) is 3.28. The van der Waals surface area contributed by atoms with Crippen LogP contribution < -0.4 is 14.8 Å². The van der Waals surface area contributed by atoms with Gasteiger partial charge in [-0.1, -0.05) is 18.2 Å². The number of carbonyl (C=O) groups is 2. The van der Waals surface area contributed by atoms with Gasteiger partial charge in [-0.05, 0) is 25.1 Å². The highest BCUT2D eigenvalue weighted by molar-refractivity contribution is 5.93. The van der Waals surface area contributed by atoms with Crippen molar-refractivity contribution in [3.63, 3.8) is 0 Å². The number of hydrogen-bond acceptors (Lipinski definition) is 6. The van der Waals surface area contributed by atoms with Crippen LogP contribution in [0.2, 0.25) is 0 Å². The fraction of sp³-hybridized carbons (Fsp3) is 0.278. The maximum absolute atomic E-state index is 12.1. The highest BCUT2D eigenvalue weighted by Crippen LogP contribution is 2.17. The largest absolute Gasteiger partial charge is 0.496 e. The molecule has 0 radical (unpaired) electrons. The van der Waals surface area contributed by atoms with Gasteiger partial charge in [0.15, 0.2) is 6.61 Å². The molecule has 0 saturated heterocycles. The SMILES string of the molecule is CCOc1ncccc1C(=O)OCC(=O)NCc1ccccc1OC. The second-order valence-corrected chi connectivity index (χ2v) is 4.95. The first-order chi connectivity index (χ1) is 12.2. The average Bonchev–Trinajstić information content (AvgIpc) is 2.65. The number of rotatable bonds is 8. The topological polar surface area (TPSA) is 86.8 Å². The van der Waals surface area contributed by atoms with Crippen molar-refractivity contribution in [3.8, 4) is 11.6 Å². The number of esters is 1. The van der Waals surface area contributed by atoms with Gasteiger partial charge >= 0.3 is 5.97 Å². The Hall–Kier alpha value is -3.09. The summed E-state index contributed by atoms with van der Waals surface area (Å²) in [5.41, 5.74) is 1.01. The summed E-state index contributed by atoms with van der Waals surface area (Å²) in [6, 6.07) is 10.5. The summed E-state index contributed by atoms with van der Waals surface area (Å²) in [6.45, 7) is 2.04. The monoisotopic (exact) mass is 344 g/mol. The van der Waals surface area contributed by atoms with E-state index in [1.807, 2.05) is 18.2 Å². The van der Waals surface area contributed by atoms with Crippen LogP contribution in [0, 0.1) is 0 Å². The van der Waals surface area contributed by atoms with Gasteiger partial charge in [0.05, 0.1) is 13.7 Å². The first kappa shape index (κ1) is 18.3. The van der Waals surface area contributed by atoms with E-state index < -0.39 is 18.5 Å². The molecule has 1 amide bonds. The van der Waals surface area contributed by atoms with E-state index in [4.69, 9.17) is 14.2 Å². The van der Waals surface area contributed by atoms with Crippen molar-refractivity contribution in [1.82, 2.24) is 10.3 Å². The molecule has 2 aromatic rings. The Balaban J connectivity index is 1.86. The van der Waals surface area contributed by atoms with Gasteiger partial charge in [-0.2, -0.15) is 0 Å². The molecule has 0 bridgehead atoms. The van der Waals surface area contributed by atoms with Crippen LogP contribution in [0.25, 0.3) is 0 Å². The van der Waals surface area contributed by atoms with E-state index in [9.17, 15) is 9.59 Å². The Kier molecular flexibility index (Phi) is 6.76. The van der Waals surface area contributed by atoms with E-state index in [1.165, 1.54) is 12.3 Å². The number of methoxy groups -OCH3 is 1. The molecule has 25 heavy (non-hydrogen) atoms. The number of para-hydroxylation sites is 1. The maximum Gasteiger partial charge on any atom is 0.344 e. The van der Waals surface area contributed by atoms with Crippen LogP contribution in [0.4, 0.5) is 0 Å². The summed E-state index contributed by atoms with van der Waals surface area (Å²) < 4.78 is 15.5. The van der Waals surface area contributed by atoms with Gasteiger partial charge in [-0.25, -0.2) is 9.78 Å². The summed E-state index contributed by atoms with van der Waals surface area (Å²) in [6.07, 6.45) is 1.52. The van der Waals surface area contributed by atoms with Crippen LogP contribution in [-0.4, -0.2) is 37.2 Å². The molecule has 0 aliphatic rings. The van der Waals surface area contributed by atoms with E-state index in [0.29, 0.717) is 12.4 Å². The number of nitrogens with one attached hydrogen (secondary N) is 1. The number of pyridine rings is 1. The molecule has 1 N–H and O–H groups in total. The number of hydrogen-bond donors (Lipinski definition) is 1. The van der Waals surface area contributed by atoms with Crippen molar-refractivity contribution < 1.29 is 23.8 Å². The Bertz CT molecular complexity index is 733. The zero-order valence-corrected chi connectivity index (χ0v) is 14.2. The Morgan fingerprint density at radius 1 is 1.16 bits per heavy atom. The smallest absolute Gasteiger partial charge is 0.344 e. The van der Waals surface area contributed by atoms with E-state index in [2.05, 4.69) is 10.3 Å². The highest BCUT2D eigenvalue weighted by atomic mass is 16.5. The number of ether oxygens (including phenoxy) is 3. The quantitative estimate of drug-likeness (QED) is 0.737. The Morgan fingerprint density at radius 2 is 1.96 bits per heavy atom. The molecule has 7 nitrogen and oxygen atoms in total. The van der Waals surface area contributed by atoms with Gasteiger partial charge in [0.2, 0.25) is 5.88 Å². The van der Waals surface area contributed by atoms with Gasteiger partial charge in [-0.15, -0.1) is 0 Å². The fourth-order valence-corrected chi connectivity index (χ4v) is 2.10. The van der Waals surface area contributed by atoms with Crippen LogP contribution >= 0.6 is 0 Å². The molecule has 0 spiro atoms. The van der Waals surface area contributed by atoms with Crippen molar-refractivity contribution in [2.45, 2.75) is 13.5 Å². The fourth-order valence-electron chi connectivity index (χ4n) is 2.10. The van der Waals surface area contributed by atoms with Crippen molar-refractivity contribution in [2.24, 2.45) is 0 Å². The minimum atomic E-state index is -0.663. The zero-order chi connectivity index (χ0) is 18.1. The summed E-state index contributed by atoms with van der Waals surface area (Å²) in [5, 5.41) is 2.68. The number of nitrogens with zero attached hydrogens (tertiary/aromatic N) is 1. The molecule has 1 aromatic heterocycles. The van der Waals surface area contributed by atoms with E-state index in [0.717, 1.165) is 5.56 Å². The molecule has 132 valence electrons. The lowest BCUT2D eigenvalue weighted by atomic mass is 10.2. The van der Waals surface area contributed by atoms with Crippen LogP contribution in [0.1, 0.15) is 22.8 Å². The molecule has 7 heteroatoms. The molecule has 0 unspecified atom stereocenters. The van der Waals surface area contributed by atoms with Crippen LogP contribution in [0.5, 0.6) is 11.6 Å². The van der Waals surface area contributed by atoms with Crippen LogP contribution in [0.3, 0.4) is 0 Å². The van der Waals surface area contributed by atoms with E-state index in [-0.39, 0.29) is 18.0 Å². The van der Waals surface area contributed by atoms with Crippen molar-refractivity contribution in [1.29, 1.82) is 0 Å². The number of benzene rings is 1. The number of aromatic nitrogens is 1. The molecule has 2 rings (SSSR count). The molecular weight excluding hydrogens is 324 g/mol. The summed E-state index contributed by atoms with van der Waals surface area (Å²) in [7, 11) is 1.56. The summed E-state index contributed by atoms with van der Waals surface area (Å²) in [5.74, 6) is -0.217. The molecule has 0 fully saturated rings.